The van der Waals surface area contributed by atoms with Gasteiger partial charge in [-0.25, -0.2) is 0 Å². The average molecular weight is 313 g/mol. The maximum absolute atomic E-state index is 2.42. The van der Waals surface area contributed by atoms with Gasteiger partial charge in [0.25, 0.3) is 0 Å². The van der Waals surface area contributed by atoms with Crippen molar-refractivity contribution in [2.24, 2.45) is 0 Å². The van der Waals surface area contributed by atoms with E-state index < -0.39 is 0 Å². The lowest BCUT2D eigenvalue weighted by Gasteiger charge is -2.21. The lowest BCUT2D eigenvalue weighted by molar-refractivity contribution is 1.06. The van der Waals surface area contributed by atoms with Gasteiger partial charge in [0.05, 0.1) is 16.9 Å². The van der Waals surface area contributed by atoms with Crippen molar-refractivity contribution >= 4 is 22.7 Å². The normalized spacial score (nSPS) is 12.4. The van der Waals surface area contributed by atoms with Crippen molar-refractivity contribution in [2.45, 2.75) is 16.7 Å². The first-order chi connectivity index (χ1) is 11.3. The first kappa shape index (κ1) is 13.0. The number of fused-ring (bicyclic) bond motifs is 2. The molecule has 0 atom stereocenters. The summed E-state index contributed by atoms with van der Waals surface area (Å²) in [7, 11) is 0. The number of hydrogen-bond donors (Lipinski definition) is 0. The van der Waals surface area contributed by atoms with Gasteiger partial charge in [-0.15, -0.1) is 0 Å². The van der Waals surface area contributed by atoms with E-state index >= 15 is 0 Å². The average Bonchev–Trinajstić information content (AvgIpc) is 2.96. The fourth-order valence-corrected chi connectivity index (χ4v) is 4.65. The van der Waals surface area contributed by atoms with Crippen LogP contribution < -0.4 is 0 Å². The van der Waals surface area contributed by atoms with E-state index in [-0.39, 0.29) is 0 Å². The highest BCUT2D eigenvalue weighted by atomic mass is 32.2. The van der Waals surface area contributed by atoms with Crippen molar-refractivity contribution in [1.29, 1.82) is 0 Å². The standard InChI is InChI=1S/C21H15NS/c1-14-11-16-13-18(15-7-3-2-4-8-15)22-17-9-5-6-10-19(17)23-20(12-14)21(16)22/h2-13H,1H3. The number of aromatic nitrogens is 1. The molecular formula is C21H15NS. The molecule has 0 radical (unpaired) electrons. The Morgan fingerprint density at radius 1 is 0.783 bits per heavy atom. The molecule has 0 spiro atoms. The van der Waals surface area contributed by atoms with Gasteiger partial charge in [-0.3, -0.25) is 0 Å². The van der Waals surface area contributed by atoms with Crippen molar-refractivity contribution in [1.82, 2.24) is 4.57 Å². The maximum atomic E-state index is 2.42. The Morgan fingerprint density at radius 3 is 2.43 bits per heavy atom. The molecule has 1 aromatic heterocycles. The third-order valence-corrected chi connectivity index (χ3v) is 5.50. The molecule has 1 aliphatic rings. The fourth-order valence-electron chi connectivity index (χ4n) is 3.45. The van der Waals surface area contributed by atoms with Gasteiger partial charge >= 0.3 is 0 Å². The Hall–Kier alpha value is -2.45. The summed E-state index contributed by atoms with van der Waals surface area (Å²) in [6, 6.07) is 26.3. The second kappa shape index (κ2) is 4.77. The quantitative estimate of drug-likeness (QED) is 0.363. The minimum Gasteiger partial charge on any atom is -0.307 e. The molecule has 0 saturated heterocycles. The Bertz CT molecular complexity index is 1040. The zero-order valence-corrected chi connectivity index (χ0v) is 13.6. The number of para-hydroxylation sites is 1. The SMILES string of the molecule is Cc1cc2c3c(c1)cc(-c1ccccc1)n3-c1ccccc1S2. The third kappa shape index (κ3) is 1.88. The molecule has 0 unspecified atom stereocenters. The van der Waals surface area contributed by atoms with E-state index in [2.05, 4.69) is 84.3 Å². The Kier molecular flexibility index (Phi) is 2.70. The molecule has 0 aliphatic carbocycles. The van der Waals surface area contributed by atoms with Crippen LogP contribution in [0.5, 0.6) is 0 Å². The summed E-state index contributed by atoms with van der Waals surface area (Å²) in [4.78, 5) is 2.67. The molecule has 0 bridgehead atoms. The van der Waals surface area contributed by atoms with Gasteiger partial charge in [0, 0.05) is 15.2 Å². The zero-order valence-electron chi connectivity index (χ0n) is 12.8. The van der Waals surface area contributed by atoms with Crippen molar-refractivity contribution in [3.05, 3.63) is 78.4 Å². The summed E-state index contributed by atoms with van der Waals surface area (Å²) in [5, 5.41) is 1.32. The second-order valence-corrected chi connectivity index (χ2v) is 7.09. The molecule has 23 heavy (non-hydrogen) atoms. The van der Waals surface area contributed by atoms with Crippen LogP contribution in [-0.2, 0) is 0 Å². The predicted octanol–water partition coefficient (Wildman–Crippen LogP) is 6.07. The summed E-state index contributed by atoms with van der Waals surface area (Å²) < 4.78 is 2.42. The molecule has 3 aromatic carbocycles. The van der Waals surface area contributed by atoms with E-state index in [1.807, 2.05) is 11.8 Å². The van der Waals surface area contributed by atoms with Gasteiger partial charge in [-0.2, -0.15) is 0 Å². The van der Waals surface area contributed by atoms with Crippen LogP contribution >= 0.6 is 11.8 Å². The minimum atomic E-state index is 1.26. The van der Waals surface area contributed by atoms with Crippen molar-refractivity contribution < 1.29 is 0 Å². The van der Waals surface area contributed by atoms with E-state index in [0.29, 0.717) is 0 Å². The number of rotatable bonds is 1. The van der Waals surface area contributed by atoms with Crippen LogP contribution in [0.25, 0.3) is 27.8 Å². The van der Waals surface area contributed by atoms with E-state index in [1.54, 1.807) is 0 Å². The number of benzene rings is 3. The number of aryl methyl sites for hydroxylation is 1. The van der Waals surface area contributed by atoms with Gasteiger partial charge in [-0.05, 0) is 48.4 Å². The fraction of sp³-hybridized carbons (Fsp3) is 0.0476. The van der Waals surface area contributed by atoms with Gasteiger partial charge in [0.1, 0.15) is 0 Å². The van der Waals surface area contributed by atoms with Crippen LogP contribution in [0.3, 0.4) is 0 Å². The molecular weight excluding hydrogens is 298 g/mol. The Labute approximate surface area is 139 Å². The maximum Gasteiger partial charge on any atom is 0.0675 e. The molecule has 0 fully saturated rings. The second-order valence-electron chi connectivity index (χ2n) is 6.00. The molecule has 4 aromatic rings. The predicted molar refractivity (Wildman–Crippen MR) is 97.6 cm³/mol. The first-order valence-electron chi connectivity index (χ1n) is 7.80. The monoisotopic (exact) mass is 313 g/mol. The molecule has 1 aliphatic heterocycles. The minimum absolute atomic E-state index is 1.26. The third-order valence-electron chi connectivity index (χ3n) is 4.40. The van der Waals surface area contributed by atoms with Crippen molar-refractivity contribution in [3.8, 4) is 16.9 Å². The van der Waals surface area contributed by atoms with Crippen LogP contribution in [0.15, 0.2) is 82.6 Å². The molecule has 2 heteroatoms. The van der Waals surface area contributed by atoms with E-state index in [9.17, 15) is 0 Å². The Morgan fingerprint density at radius 2 is 1.57 bits per heavy atom. The van der Waals surface area contributed by atoms with Crippen molar-refractivity contribution in [2.75, 3.05) is 0 Å². The molecule has 110 valence electrons. The molecule has 0 N–H and O–H groups in total. The lowest BCUT2D eigenvalue weighted by Crippen LogP contribution is -2.03. The van der Waals surface area contributed by atoms with Gasteiger partial charge < -0.3 is 4.57 Å². The summed E-state index contributed by atoms with van der Waals surface area (Å²) in [6.45, 7) is 2.18. The Balaban J connectivity index is 1.95. The topological polar surface area (TPSA) is 4.93 Å². The summed E-state index contributed by atoms with van der Waals surface area (Å²) >= 11 is 1.88. The largest absolute Gasteiger partial charge is 0.307 e. The number of nitrogens with zero attached hydrogens (tertiary/aromatic N) is 1. The molecule has 5 rings (SSSR count). The van der Waals surface area contributed by atoms with Gasteiger partial charge in [0.2, 0.25) is 0 Å². The van der Waals surface area contributed by atoms with Crippen LogP contribution in [0, 0.1) is 6.92 Å². The summed E-state index contributed by atoms with van der Waals surface area (Å²) in [5.41, 5.74) is 6.45. The van der Waals surface area contributed by atoms with Gasteiger partial charge in [0.15, 0.2) is 0 Å². The van der Waals surface area contributed by atoms with Crippen LogP contribution in [0.1, 0.15) is 5.56 Å². The highest BCUT2D eigenvalue weighted by Gasteiger charge is 2.22. The van der Waals surface area contributed by atoms with Crippen LogP contribution in [-0.4, -0.2) is 4.57 Å². The highest BCUT2D eigenvalue weighted by Crippen LogP contribution is 2.46. The smallest absolute Gasteiger partial charge is 0.0675 e. The molecule has 1 nitrogen and oxygen atoms in total. The zero-order chi connectivity index (χ0) is 15.4. The van der Waals surface area contributed by atoms with E-state index in [4.69, 9.17) is 0 Å². The highest BCUT2D eigenvalue weighted by molar-refractivity contribution is 7.99. The van der Waals surface area contributed by atoms with Gasteiger partial charge in [-0.1, -0.05) is 54.2 Å². The summed E-state index contributed by atoms with van der Waals surface area (Å²) in [6.07, 6.45) is 0. The number of hydrogen-bond acceptors (Lipinski definition) is 1. The molecule has 2 heterocycles. The first-order valence-corrected chi connectivity index (χ1v) is 8.62. The lowest BCUT2D eigenvalue weighted by atomic mass is 10.1. The van der Waals surface area contributed by atoms with Crippen LogP contribution in [0.4, 0.5) is 0 Å². The van der Waals surface area contributed by atoms with E-state index in [1.165, 1.54) is 43.2 Å². The molecule has 0 saturated carbocycles. The van der Waals surface area contributed by atoms with E-state index in [0.717, 1.165) is 0 Å². The van der Waals surface area contributed by atoms with Crippen molar-refractivity contribution in [3.63, 3.8) is 0 Å². The molecule has 0 amide bonds. The van der Waals surface area contributed by atoms with Crippen LogP contribution in [0.2, 0.25) is 0 Å². The summed E-state index contributed by atoms with van der Waals surface area (Å²) in [5.74, 6) is 0.